The van der Waals surface area contributed by atoms with Crippen molar-refractivity contribution in [3.05, 3.63) is 60.9 Å². The van der Waals surface area contributed by atoms with E-state index in [0.717, 1.165) is 32.7 Å². The second kappa shape index (κ2) is 4.78. The summed E-state index contributed by atoms with van der Waals surface area (Å²) in [6, 6.07) is 16.4. The van der Waals surface area contributed by atoms with Gasteiger partial charge in [-0.1, -0.05) is 36.4 Å². The Balaban J connectivity index is 1.94. The third-order valence-electron chi connectivity index (χ3n) is 4.44. The minimum atomic E-state index is -0.628. The molecule has 4 aromatic rings. The molecule has 4 rings (SSSR count). The van der Waals surface area contributed by atoms with Crippen LogP contribution in [0.3, 0.4) is 0 Å². The third-order valence-corrected chi connectivity index (χ3v) is 4.44. The van der Waals surface area contributed by atoms with Gasteiger partial charge in [0.2, 0.25) is 0 Å². The van der Waals surface area contributed by atoms with Crippen molar-refractivity contribution in [1.29, 1.82) is 0 Å². The molecule has 0 unspecified atom stereocenters. The number of hydrogen-bond acceptors (Lipinski definition) is 1. The molecule has 0 saturated carbocycles. The first-order chi connectivity index (χ1) is 10.7. The van der Waals surface area contributed by atoms with Crippen LogP contribution in [-0.2, 0) is 14.1 Å². The van der Waals surface area contributed by atoms with Crippen LogP contribution in [0.15, 0.2) is 60.9 Å². The first-order valence-electron chi connectivity index (χ1n) is 7.43. The van der Waals surface area contributed by atoms with E-state index in [4.69, 9.17) is 0 Å². The molecule has 4 heteroatoms. The van der Waals surface area contributed by atoms with Crippen LogP contribution in [0.25, 0.3) is 21.8 Å². The Kier molecular flexibility index (Phi) is 2.88. The predicted molar refractivity (Wildman–Crippen MR) is 93.1 cm³/mol. The summed E-state index contributed by atoms with van der Waals surface area (Å²) >= 11 is 0. The van der Waals surface area contributed by atoms with Crippen LogP contribution in [-0.4, -0.2) is 21.1 Å². The zero-order chi connectivity index (χ0) is 15.3. The summed E-state index contributed by atoms with van der Waals surface area (Å²) in [5.74, 6) is 0. The van der Waals surface area contributed by atoms with Crippen molar-refractivity contribution in [3.8, 4) is 0 Å². The highest BCUT2D eigenvalue weighted by Gasteiger charge is 2.25. The van der Waals surface area contributed by atoms with E-state index in [9.17, 15) is 5.02 Å². The number of hydrogen-bond donors (Lipinski definition) is 1. The zero-order valence-corrected chi connectivity index (χ0v) is 12.7. The Morgan fingerprint density at radius 3 is 1.59 bits per heavy atom. The maximum atomic E-state index is 11.0. The van der Waals surface area contributed by atoms with Gasteiger partial charge in [-0.05, 0) is 33.8 Å². The van der Waals surface area contributed by atoms with E-state index in [1.165, 1.54) is 0 Å². The smallest absolute Gasteiger partial charge is 0.363 e. The highest BCUT2D eigenvalue weighted by molar-refractivity contribution is 6.82. The van der Waals surface area contributed by atoms with Crippen molar-refractivity contribution in [2.75, 3.05) is 0 Å². The lowest BCUT2D eigenvalue weighted by Crippen LogP contribution is -2.41. The van der Waals surface area contributed by atoms with Gasteiger partial charge in [-0.15, -0.1) is 0 Å². The number of aromatic nitrogens is 2. The average Bonchev–Trinajstić information content (AvgIpc) is 3.06. The predicted octanol–water partition coefficient (Wildman–Crippen LogP) is 1.77. The highest BCUT2D eigenvalue weighted by atomic mass is 16.2. The van der Waals surface area contributed by atoms with Crippen molar-refractivity contribution in [2.24, 2.45) is 14.1 Å². The Morgan fingerprint density at radius 2 is 1.14 bits per heavy atom. The zero-order valence-electron chi connectivity index (χ0n) is 12.7. The van der Waals surface area contributed by atoms with Crippen LogP contribution < -0.4 is 10.9 Å². The molecule has 0 amide bonds. The van der Waals surface area contributed by atoms with Gasteiger partial charge in [0.05, 0.1) is 0 Å². The molecule has 2 aromatic heterocycles. The third kappa shape index (κ3) is 1.81. The summed E-state index contributed by atoms with van der Waals surface area (Å²) in [6.45, 7) is -0.628. The Bertz CT molecular complexity index is 903. The normalized spacial score (nSPS) is 11.4. The molecular weight excluding hydrogens is 271 g/mol. The van der Waals surface area contributed by atoms with Gasteiger partial charge in [0.1, 0.15) is 0 Å². The summed E-state index contributed by atoms with van der Waals surface area (Å²) in [7, 11) is 4.03. The molecule has 0 radical (unpaired) electrons. The fraction of sp³-hybridized carbons (Fsp3) is 0.111. The van der Waals surface area contributed by atoms with Crippen LogP contribution in [0.2, 0.25) is 0 Å². The van der Waals surface area contributed by atoms with Gasteiger partial charge < -0.3 is 14.2 Å². The lowest BCUT2D eigenvalue weighted by Gasteiger charge is -2.04. The first-order valence-corrected chi connectivity index (χ1v) is 7.43. The molecule has 3 nitrogen and oxygen atoms in total. The van der Waals surface area contributed by atoms with Gasteiger partial charge in [-0.2, -0.15) is 0 Å². The summed E-state index contributed by atoms with van der Waals surface area (Å²) in [5.41, 5.74) is 4.18. The maximum absolute atomic E-state index is 11.0. The molecule has 108 valence electrons. The quantitative estimate of drug-likeness (QED) is 0.560. The van der Waals surface area contributed by atoms with Gasteiger partial charge in [-0.3, -0.25) is 0 Å². The number of aryl methyl sites for hydroxylation is 2. The van der Waals surface area contributed by atoms with Gasteiger partial charge in [0.15, 0.2) is 0 Å². The van der Waals surface area contributed by atoms with Crippen LogP contribution in [0.4, 0.5) is 0 Å². The standard InChI is InChI=1S/C18H17BN2O/c1-20-11-15(13-7-3-5-9-17(13)20)19(22)16-12-21(2)18-10-6-4-8-14(16)18/h3-12,22H,1-2H3. The lowest BCUT2D eigenvalue weighted by molar-refractivity contribution is 0.600. The molecule has 2 heterocycles. The molecule has 1 N–H and O–H groups in total. The van der Waals surface area contributed by atoms with Crippen LogP contribution >= 0.6 is 0 Å². The molecule has 0 aliphatic carbocycles. The molecule has 0 atom stereocenters. The molecule has 0 saturated heterocycles. The van der Waals surface area contributed by atoms with Crippen molar-refractivity contribution in [3.63, 3.8) is 0 Å². The second-order valence-electron chi connectivity index (χ2n) is 5.83. The van der Waals surface area contributed by atoms with E-state index in [1.54, 1.807) is 0 Å². The number of benzene rings is 2. The first kappa shape index (κ1) is 13.2. The van der Waals surface area contributed by atoms with Gasteiger partial charge in [0.25, 0.3) is 0 Å². The number of para-hydroxylation sites is 2. The molecule has 0 aliphatic rings. The SMILES string of the molecule is Cn1cc(B(O)c2cn(C)c3ccccc23)c2ccccc21. The van der Waals surface area contributed by atoms with Crippen LogP contribution in [0, 0.1) is 0 Å². The fourth-order valence-electron chi connectivity index (χ4n) is 3.35. The van der Waals surface area contributed by atoms with Crippen molar-refractivity contribution in [1.82, 2.24) is 9.13 Å². The minimum absolute atomic E-state index is 0.628. The fourth-order valence-corrected chi connectivity index (χ4v) is 3.35. The Morgan fingerprint density at radius 1 is 0.727 bits per heavy atom. The molecule has 0 fully saturated rings. The number of nitrogens with zero attached hydrogens (tertiary/aromatic N) is 2. The van der Waals surface area contributed by atoms with E-state index < -0.39 is 6.92 Å². The minimum Gasteiger partial charge on any atom is -0.443 e. The second-order valence-corrected chi connectivity index (χ2v) is 5.83. The Hall–Kier alpha value is -2.46. The highest BCUT2D eigenvalue weighted by Crippen LogP contribution is 2.16. The summed E-state index contributed by atoms with van der Waals surface area (Å²) in [6.07, 6.45) is 4.05. The van der Waals surface area contributed by atoms with Gasteiger partial charge in [0, 0.05) is 37.5 Å². The monoisotopic (exact) mass is 288 g/mol. The molecule has 2 aromatic carbocycles. The number of fused-ring (bicyclic) bond motifs is 2. The van der Waals surface area contributed by atoms with Crippen LogP contribution in [0.1, 0.15) is 0 Å². The molecular formula is C18H17BN2O. The molecule has 22 heavy (non-hydrogen) atoms. The van der Waals surface area contributed by atoms with E-state index >= 15 is 0 Å². The van der Waals surface area contributed by atoms with Crippen molar-refractivity contribution < 1.29 is 5.02 Å². The van der Waals surface area contributed by atoms with E-state index in [0.29, 0.717) is 0 Å². The van der Waals surface area contributed by atoms with E-state index in [1.807, 2.05) is 50.8 Å². The molecule has 0 bridgehead atoms. The van der Waals surface area contributed by atoms with E-state index in [2.05, 4.69) is 33.4 Å². The van der Waals surface area contributed by atoms with E-state index in [-0.39, 0.29) is 0 Å². The van der Waals surface area contributed by atoms with Gasteiger partial charge >= 0.3 is 6.92 Å². The summed E-state index contributed by atoms with van der Waals surface area (Å²) in [4.78, 5) is 0. The Labute approximate surface area is 129 Å². The molecule has 0 spiro atoms. The summed E-state index contributed by atoms with van der Waals surface area (Å²) in [5, 5.41) is 13.2. The topological polar surface area (TPSA) is 30.1 Å². The van der Waals surface area contributed by atoms with Crippen molar-refractivity contribution >= 4 is 39.6 Å². The number of rotatable bonds is 2. The largest absolute Gasteiger partial charge is 0.443 e. The van der Waals surface area contributed by atoms with Crippen LogP contribution in [0.5, 0.6) is 0 Å². The molecule has 0 aliphatic heterocycles. The average molecular weight is 288 g/mol. The lowest BCUT2D eigenvalue weighted by atomic mass is 9.56. The van der Waals surface area contributed by atoms with Crippen molar-refractivity contribution in [2.45, 2.75) is 0 Å². The maximum Gasteiger partial charge on any atom is 0.363 e. The summed E-state index contributed by atoms with van der Waals surface area (Å²) < 4.78 is 4.14. The van der Waals surface area contributed by atoms with Gasteiger partial charge in [-0.25, -0.2) is 0 Å².